The van der Waals surface area contributed by atoms with Gasteiger partial charge in [-0.3, -0.25) is 4.79 Å². The van der Waals surface area contributed by atoms with Gasteiger partial charge in [-0.15, -0.1) is 0 Å². The summed E-state index contributed by atoms with van der Waals surface area (Å²) in [7, 11) is -3.50. The Hall–Kier alpha value is -3.06. The molecule has 0 radical (unpaired) electrons. The van der Waals surface area contributed by atoms with Crippen LogP contribution in [0.15, 0.2) is 71.9 Å². The Bertz CT molecular complexity index is 1020. The topological polar surface area (TPSA) is 89.0 Å². The second kappa shape index (κ2) is 8.09. The van der Waals surface area contributed by atoms with Crippen molar-refractivity contribution in [2.24, 2.45) is 0 Å². The van der Waals surface area contributed by atoms with E-state index in [-0.39, 0.29) is 17.1 Å². The largest absolute Gasteiger partial charge is 0.323 e. The molecule has 3 rings (SSSR count). The SMILES string of the molecule is Cc1ccc(S(=O)(=O)CCC(=O)Nc2cnc(-c3ccccc3)nc2)cc1. The summed E-state index contributed by atoms with van der Waals surface area (Å²) in [5.41, 5.74) is 2.28. The van der Waals surface area contributed by atoms with E-state index in [0.717, 1.165) is 11.1 Å². The number of nitrogens with one attached hydrogen (secondary N) is 1. The lowest BCUT2D eigenvalue weighted by Gasteiger charge is -2.07. The van der Waals surface area contributed by atoms with Crippen molar-refractivity contribution >= 4 is 21.4 Å². The van der Waals surface area contributed by atoms with Crippen LogP contribution in [0.25, 0.3) is 11.4 Å². The van der Waals surface area contributed by atoms with Crippen molar-refractivity contribution in [2.75, 3.05) is 11.1 Å². The number of amides is 1. The zero-order chi connectivity index (χ0) is 19.3. The van der Waals surface area contributed by atoms with Gasteiger partial charge in [0.05, 0.1) is 28.7 Å². The molecular weight excluding hydrogens is 362 g/mol. The van der Waals surface area contributed by atoms with Crippen molar-refractivity contribution in [2.45, 2.75) is 18.2 Å². The van der Waals surface area contributed by atoms with Gasteiger partial charge in [-0.05, 0) is 19.1 Å². The molecular formula is C20H19N3O3S. The average Bonchev–Trinajstić information content (AvgIpc) is 2.68. The number of rotatable bonds is 6. The molecule has 0 aliphatic heterocycles. The van der Waals surface area contributed by atoms with Crippen molar-refractivity contribution in [3.8, 4) is 11.4 Å². The van der Waals surface area contributed by atoms with Crippen molar-refractivity contribution in [3.05, 3.63) is 72.6 Å². The predicted molar refractivity (Wildman–Crippen MR) is 104 cm³/mol. The molecule has 1 N–H and O–H groups in total. The number of benzene rings is 2. The maximum atomic E-state index is 12.3. The fraction of sp³-hybridized carbons (Fsp3) is 0.150. The molecule has 0 aliphatic carbocycles. The summed E-state index contributed by atoms with van der Waals surface area (Å²) in [5.74, 6) is -0.109. The second-order valence-corrected chi connectivity index (χ2v) is 8.20. The molecule has 6 nitrogen and oxygen atoms in total. The van der Waals surface area contributed by atoms with Crippen molar-refractivity contribution in [1.82, 2.24) is 9.97 Å². The maximum Gasteiger partial charge on any atom is 0.225 e. The smallest absolute Gasteiger partial charge is 0.225 e. The molecule has 0 saturated heterocycles. The van der Waals surface area contributed by atoms with Gasteiger partial charge in [-0.2, -0.15) is 0 Å². The highest BCUT2D eigenvalue weighted by Crippen LogP contribution is 2.16. The molecule has 2 aromatic carbocycles. The van der Waals surface area contributed by atoms with Gasteiger partial charge >= 0.3 is 0 Å². The van der Waals surface area contributed by atoms with Crippen LogP contribution < -0.4 is 5.32 Å². The van der Waals surface area contributed by atoms with Gasteiger partial charge in [0.15, 0.2) is 15.7 Å². The summed E-state index contributed by atoms with van der Waals surface area (Å²) in [4.78, 5) is 20.7. The van der Waals surface area contributed by atoms with Crippen LogP contribution in [0.5, 0.6) is 0 Å². The normalized spacial score (nSPS) is 11.1. The van der Waals surface area contributed by atoms with Crippen LogP contribution in [0.1, 0.15) is 12.0 Å². The molecule has 0 spiro atoms. The van der Waals surface area contributed by atoms with E-state index in [0.29, 0.717) is 11.5 Å². The Morgan fingerprint density at radius 1 is 0.963 bits per heavy atom. The van der Waals surface area contributed by atoms with E-state index in [1.165, 1.54) is 12.4 Å². The number of carbonyl (C=O) groups excluding carboxylic acids is 1. The number of aromatic nitrogens is 2. The Labute approximate surface area is 158 Å². The minimum atomic E-state index is -3.50. The summed E-state index contributed by atoms with van der Waals surface area (Å²) >= 11 is 0. The number of nitrogens with zero attached hydrogens (tertiary/aromatic N) is 2. The van der Waals surface area contributed by atoms with E-state index in [2.05, 4.69) is 15.3 Å². The van der Waals surface area contributed by atoms with E-state index < -0.39 is 15.7 Å². The fourth-order valence-corrected chi connectivity index (χ4v) is 3.68. The summed E-state index contributed by atoms with van der Waals surface area (Å²) < 4.78 is 24.6. The van der Waals surface area contributed by atoms with Gasteiger partial charge in [-0.25, -0.2) is 18.4 Å². The number of hydrogen-bond acceptors (Lipinski definition) is 5. The summed E-state index contributed by atoms with van der Waals surface area (Å²) in [6.45, 7) is 1.88. The van der Waals surface area contributed by atoms with E-state index >= 15 is 0 Å². The third-order valence-corrected chi connectivity index (χ3v) is 5.68. The maximum absolute atomic E-state index is 12.3. The first kappa shape index (κ1) is 18.7. The minimum absolute atomic E-state index is 0.142. The number of sulfone groups is 1. The zero-order valence-electron chi connectivity index (χ0n) is 14.8. The Morgan fingerprint density at radius 3 is 2.22 bits per heavy atom. The molecule has 0 unspecified atom stereocenters. The van der Waals surface area contributed by atoms with E-state index in [1.54, 1.807) is 24.3 Å². The second-order valence-electron chi connectivity index (χ2n) is 6.09. The van der Waals surface area contributed by atoms with Crippen molar-refractivity contribution < 1.29 is 13.2 Å². The highest BCUT2D eigenvalue weighted by Gasteiger charge is 2.16. The lowest BCUT2D eigenvalue weighted by Crippen LogP contribution is -2.17. The lowest BCUT2D eigenvalue weighted by atomic mass is 10.2. The number of carbonyl (C=O) groups is 1. The van der Waals surface area contributed by atoms with Gasteiger partial charge in [0.1, 0.15) is 0 Å². The van der Waals surface area contributed by atoms with Crippen LogP contribution in [0.4, 0.5) is 5.69 Å². The third-order valence-electron chi connectivity index (χ3n) is 3.95. The number of aryl methyl sites for hydroxylation is 1. The van der Waals surface area contributed by atoms with Crippen LogP contribution in [-0.2, 0) is 14.6 Å². The first-order valence-corrected chi connectivity index (χ1v) is 10.1. The number of hydrogen-bond donors (Lipinski definition) is 1. The highest BCUT2D eigenvalue weighted by atomic mass is 32.2. The standard InChI is InChI=1S/C20H19N3O3S/c1-15-7-9-18(10-8-15)27(25,26)12-11-19(24)23-17-13-21-20(22-14-17)16-5-3-2-4-6-16/h2-10,13-14H,11-12H2,1H3,(H,23,24). The summed E-state index contributed by atoms with van der Waals surface area (Å²) in [5, 5.41) is 2.63. The molecule has 27 heavy (non-hydrogen) atoms. The lowest BCUT2D eigenvalue weighted by molar-refractivity contribution is -0.115. The molecule has 7 heteroatoms. The third kappa shape index (κ3) is 4.98. The van der Waals surface area contributed by atoms with Crippen LogP contribution in [0.2, 0.25) is 0 Å². The summed E-state index contributed by atoms with van der Waals surface area (Å²) in [6, 6.07) is 16.1. The Kier molecular flexibility index (Phi) is 5.61. The molecule has 0 fully saturated rings. The molecule has 3 aromatic rings. The zero-order valence-corrected chi connectivity index (χ0v) is 15.6. The molecule has 1 heterocycles. The average molecular weight is 381 g/mol. The monoisotopic (exact) mass is 381 g/mol. The molecule has 0 aliphatic rings. The first-order chi connectivity index (χ1) is 12.9. The molecule has 0 saturated carbocycles. The molecule has 0 atom stereocenters. The quantitative estimate of drug-likeness (QED) is 0.708. The molecule has 138 valence electrons. The number of anilines is 1. The van der Waals surface area contributed by atoms with Crippen molar-refractivity contribution in [3.63, 3.8) is 0 Å². The van der Waals surface area contributed by atoms with E-state index in [1.807, 2.05) is 37.3 Å². The predicted octanol–water partition coefficient (Wildman–Crippen LogP) is 3.25. The fourth-order valence-electron chi connectivity index (χ4n) is 2.44. The van der Waals surface area contributed by atoms with Crippen LogP contribution >= 0.6 is 0 Å². The van der Waals surface area contributed by atoms with Crippen LogP contribution in [0.3, 0.4) is 0 Å². The molecule has 0 bridgehead atoms. The van der Waals surface area contributed by atoms with Gasteiger partial charge in [0.2, 0.25) is 5.91 Å². The van der Waals surface area contributed by atoms with E-state index in [9.17, 15) is 13.2 Å². The van der Waals surface area contributed by atoms with E-state index in [4.69, 9.17) is 0 Å². The van der Waals surface area contributed by atoms with Crippen LogP contribution in [0, 0.1) is 6.92 Å². The van der Waals surface area contributed by atoms with Gasteiger partial charge < -0.3 is 5.32 Å². The van der Waals surface area contributed by atoms with Crippen molar-refractivity contribution in [1.29, 1.82) is 0 Å². The van der Waals surface area contributed by atoms with Crippen LogP contribution in [-0.4, -0.2) is 30.0 Å². The summed E-state index contributed by atoms with van der Waals surface area (Å²) in [6.07, 6.45) is 2.86. The minimum Gasteiger partial charge on any atom is -0.323 e. The Morgan fingerprint density at radius 2 is 1.59 bits per heavy atom. The molecule has 1 aromatic heterocycles. The highest BCUT2D eigenvalue weighted by molar-refractivity contribution is 7.91. The van der Waals surface area contributed by atoms with Gasteiger partial charge in [0.25, 0.3) is 0 Å². The Balaban J connectivity index is 1.58. The van der Waals surface area contributed by atoms with Gasteiger partial charge in [-0.1, -0.05) is 48.0 Å². The molecule has 1 amide bonds. The first-order valence-electron chi connectivity index (χ1n) is 8.41. The van der Waals surface area contributed by atoms with Gasteiger partial charge in [0, 0.05) is 12.0 Å².